The first-order valence-electron chi connectivity index (χ1n) is 12.2. The van der Waals surface area contributed by atoms with Gasteiger partial charge in [0, 0.05) is 25.1 Å². The predicted octanol–water partition coefficient (Wildman–Crippen LogP) is 3.92. The highest BCUT2D eigenvalue weighted by molar-refractivity contribution is 6.04. The molecule has 2 aromatic rings. The number of hydroxylamine groups is 2. The number of aliphatic imine (C=N–C) groups is 1. The molecule has 0 spiro atoms. The minimum Gasteiger partial charge on any atom is -0.444 e. The third-order valence-electron chi connectivity index (χ3n) is 5.21. The van der Waals surface area contributed by atoms with E-state index < -0.39 is 11.7 Å². The van der Waals surface area contributed by atoms with Crippen molar-refractivity contribution in [2.45, 2.75) is 66.2 Å². The molecule has 0 saturated heterocycles. The number of amidine groups is 1. The summed E-state index contributed by atoms with van der Waals surface area (Å²) in [7, 11) is 0. The molecule has 3 rings (SSSR count). The van der Waals surface area contributed by atoms with Crippen molar-refractivity contribution in [2.75, 3.05) is 13.2 Å². The van der Waals surface area contributed by atoms with Crippen molar-refractivity contribution in [1.29, 1.82) is 0 Å². The molecule has 0 radical (unpaired) electrons. The topological polar surface area (TPSA) is 124 Å². The Labute approximate surface area is 212 Å². The third kappa shape index (κ3) is 7.42. The van der Waals surface area contributed by atoms with Crippen LogP contribution in [0.2, 0.25) is 0 Å². The number of carbonyl (C=O) groups is 2. The molecule has 1 aromatic heterocycles. The molecule has 0 saturated carbocycles. The summed E-state index contributed by atoms with van der Waals surface area (Å²) in [4.78, 5) is 35.0. The van der Waals surface area contributed by atoms with E-state index in [0.29, 0.717) is 49.0 Å². The van der Waals surface area contributed by atoms with E-state index in [4.69, 9.17) is 15.3 Å². The lowest BCUT2D eigenvalue weighted by Crippen LogP contribution is -2.34. The number of rotatable bonds is 9. The van der Waals surface area contributed by atoms with E-state index in [9.17, 15) is 9.59 Å². The van der Waals surface area contributed by atoms with E-state index in [1.165, 1.54) is 5.06 Å². The first-order valence-corrected chi connectivity index (χ1v) is 12.2. The van der Waals surface area contributed by atoms with E-state index >= 15 is 0 Å². The lowest BCUT2D eigenvalue weighted by Gasteiger charge is -2.21. The van der Waals surface area contributed by atoms with Gasteiger partial charge in [-0.15, -0.1) is 0 Å². The number of alkyl carbamates (subject to hydrolysis) is 1. The fraction of sp³-hybridized carbons (Fsp3) is 0.462. The summed E-state index contributed by atoms with van der Waals surface area (Å²) < 4.78 is 7.06. The van der Waals surface area contributed by atoms with Gasteiger partial charge in [0.15, 0.2) is 0 Å². The molecule has 0 unspecified atom stereocenters. The maximum absolute atomic E-state index is 13.2. The Morgan fingerprint density at radius 3 is 2.50 bits per heavy atom. The van der Waals surface area contributed by atoms with Crippen LogP contribution in [0.4, 0.5) is 10.5 Å². The Morgan fingerprint density at radius 2 is 1.86 bits per heavy atom. The van der Waals surface area contributed by atoms with Crippen LogP contribution in [0.15, 0.2) is 41.0 Å². The normalized spacial score (nSPS) is 13.2. The number of benzene rings is 1. The standard InChI is InChI=1S/C26H36N6O4/c1-6-12-32(35-7-2)24(33)20-13-22-21(30-23(27)14-20)16-29-31(22)17-19-10-8-18(9-11-19)15-28-25(34)36-26(3,4)5/h8-11,13,16H,6-7,12,14-15,17H2,1-5H3,(H2,27,30)(H,28,34). The van der Waals surface area contributed by atoms with Crippen molar-refractivity contribution in [3.63, 3.8) is 0 Å². The summed E-state index contributed by atoms with van der Waals surface area (Å²) in [5.74, 6) is 0.127. The van der Waals surface area contributed by atoms with Crippen LogP contribution in [0.25, 0.3) is 6.08 Å². The van der Waals surface area contributed by atoms with E-state index in [1.807, 2.05) is 58.9 Å². The molecule has 0 aliphatic carbocycles. The molecular formula is C26H36N6O4. The first-order chi connectivity index (χ1) is 17.1. The number of hydrogen-bond acceptors (Lipinski definition) is 7. The number of hydrogen-bond donors (Lipinski definition) is 2. The van der Waals surface area contributed by atoms with Gasteiger partial charge in [-0.05, 0) is 51.3 Å². The summed E-state index contributed by atoms with van der Waals surface area (Å²) in [5, 5.41) is 8.62. The van der Waals surface area contributed by atoms with Gasteiger partial charge >= 0.3 is 6.09 Å². The van der Waals surface area contributed by atoms with Crippen LogP contribution in [0.5, 0.6) is 0 Å². The van der Waals surface area contributed by atoms with Gasteiger partial charge in [0.05, 0.1) is 25.0 Å². The molecule has 10 nitrogen and oxygen atoms in total. The zero-order chi connectivity index (χ0) is 26.3. The van der Waals surface area contributed by atoms with Gasteiger partial charge in [-0.2, -0.15) is 5.10 Å². The lowest BCUT2D eigenvalue weighted by molar-refractivity contribution is -0.180. The van der Waals surface area contributed by atoms with E-state index in [2.05, 4.69) is 15.4 Å². The van der Waals surface area contributed by atoms with Crippen molar-refractivity contribution in [2.24, 2.45) is 10.7 Å². The number of nitrogens with one attached hydrogen (secondary N) is 1. The third-order valence-corrected chi connectivity index (χ3v) is 5.21. The molecule has 36 heavy (non-hydrogen) atoms. The zero-order valence-corrected chi connectivity index (χ0v) is 21.7. The number of nitrogens with two attached hydrogens (primary N) is 1. The van der Waals surface area contributed by atoms with Crippen molar-refractivity contribution < 1.29 is 19.2 Å². The molecule has 0 fully saturated rings. The Bertz CT molecular complexity index is 1120. The fourth-order valence-electron chi connectivity index (χ4n) is 3.66. The summed E-state index contributed by atoms with van der Waals surface area (Å²) in [5.41, 5.74) is 9.35. The molecule has 3 N–H and O–H groups in total. The molecule has 2 amide bonds. The van der Waals surface area contributed by atoms with Crippen LogP contribution in [0, 0.1) is 0 Å². The second-order valence-corrected chi connectivity index (χ2v) is 9.52. The number of aromatic nitrogens is 2. The van der Waals surface area contributed by atoms with E-state index in [-0.39, 0.29) is 12.3 Å². The largest absolute Gasteiger partial charge is 0.444 e. The van der Waals surface area contributed by atoms with Crippen molar-refractivity contribution in [3.8, 4) is 0 Å². The smallest absolute Gasteiger partial charge is 0.407 e. The summed E-state index contributed by atoms with van der Waals surface area (Å²) >= 11 is 0. The number of nitrogens with zero attached hydrogens (tertiary/aromatic N) is 4. The van der Waals surface area contributed by atoms with E-state index in [0.717, 1.165) is 17.5 Å². The van der Waals surface area contributed by atoms with Crippen LogP contribution in [0.1, 0.15) is 64.3 Å². The minimum absolute atomic E-state index is 0.223. The number of amides is 2. The molecule has 1 aromatic carbocycles. The fourth-order valence-corrected chi connectivity index (χ4v) is 3.66. The molecule has 194 valence electrons. The number of carbonyl (C=O) groups excluding carboxylic acids is 2. The minimum atomic E-state index is -0.541. The van der Waals surface area contributed by atoms with Gasteiger partial charge in [-0.25, -0.2) is 14.9 Å². The average molecular weight is 497 g/mol. The predicted molar refractivity (Wildman–Crippen MR) is 138 cm³/mol. The lowest BCUT2D eigenvalue weighted by atomic mass is 10.1. The van der Waals surface area contributed by atoms with Crippen molar-refractivity contribution >= 4 is 29.6 Å². The molecule has 1 aliphatic heterocycles. The van der Waals surface area contributed by atoms with Gasteiger partial charge in [-0.1, -0.05) is 31.2 Å². The van der Waals surface area contributed by atoms with Crippen LogP contribution in [-0.4, -0.2) is 51.4 Å². The maximum atomic E-state index is 13.2. The number of fused-ring (bicyclic) bond motifs is 1. The van der Waals surface area contributed by atoms with Crippen LogP contribution in [-0.2, 0) is 27.5 Å². The second-order valence-electron chi connectivity index (χ2n) is 9.52. The highest BCUT2D eigenvalue weighted by Gasteiger charge is 2.23. The zero-order valence-electron chi connectivity index (χ0n) is 21.7. The van der Waals surface area contributed by atoms with Gasteiger partial charge in [-0.3, -0.25) is 14.3 Å². The van der Waals surface area contributed by atoms with E-state index in [1.54, 1.807) is 17.0 Å². The van der Waals surface area contributed by atoms with Crippen LogP contribution in [0.3, 0.4) is 0 Å². The molecule has 0 atom stereocenters. The summed E-state index contributed by atoms with van der Waals surface area (Å²) in [6, 6.07) is 7.84. The molecule has 2 heterocycles. The molecule has 10 heteroatoms. The van der Waals surface area contributed by atoms with Crippen molar-refractivity contribution in [3.05, 3.63) is 52.9 Å². The average Bonchev–Trinajstić information content (AvgIpc) is 3.07. The second kappa shape index (κ2) is 11.9. The molecule has 0 bridgehead atoms. The summed E-state index contributed by atoms with van der Waals surface area (Å²) in [6.07, 6.45) is 4.01. The monoisotopic (exact) mass is 496 g/mol. The number of ether oxygens (including phenoxy) is 1. The maximum Gasteiger partial charge on any atom is 0.407 e. The summed E-state index contributed by atoms with van der Waals surface area (Å²) in [6.45, 7) is 11.0. The SMILES string of the molecule is CCCN(OCC)C(=O)C1=Cc2c(cnn2Cc2ccc(CNC(=O)OC(C)(C)C)cc2)N=C(N)C1. The van der Waals surface area contributed by atoms with Gasteiger partial charge < -0.3 is 15.8 Å². The van der Waals surface area contributed by atoms with Crippen molar-refractivity contribution in [1.82, 2.24) is 20.2 Å². The van der Waals surface area contributed by atoms with Crippen LogP contribution >= 0.6 is 0 Å². The Morgan fingerprint density at radius 1 is 1.17 bits per heavy atom. The quantitative estimate of drug-likeness (QED) is 0.507. The highest BCUT2D eigenvalue weighted by atomic mass is 16.7. The van der Waals surface area contributed by atoms with Gasteiger partial charge in [0.25, 0.3) is 5.91 Å². The highest BCUT2D eigenvalue weighted by Crippen LogP contribution is 2.27. The Hall–Kier alpha value is -3.66. The molecular weight excluding hydrogens is 460 g/mol. The van der Waals surface area contributed by atoms with Gasteiger partial charge in [0.1, 0.15) is 17.1 Å². The van der Waals surface area contributed by atoms with Crippen LogP contribution < -0.4 is 11.1 Å². The van der Waals surface area contributed by atoms with Gasteiger partial charge in [0.2, 0.25) is 0 Å². The Kier molecular flexibility index (Phi) is 8.87. The molecule has 1 aliphatic rings. The Balaban J connectivity index is 1.75. The first kappa shape index (κ1) is 26.9.